The molecular formula is C27H27N5O2S. The molecule has 178 valence electrons. The van der Waals surface area contributed by atoms with Gasteiger partial charge < -0.3 is 15.5 Å². The molecule has 8 heteroatoms. The minimum absolute atomic E-state index is 0.0901. The van der Waals surface area contributed by atoms with E-state index in [4.69, 9.17) is 4.74 Å². The number of benzene rings is 3. The van der Waals surface area contributed by atoms with Crippen LogP contribution in [0.2, 0.25) is 0 Å². The van der Waals surface area contributed by atoms with Crippen molar-refractivity contribution >= 4 is 23.4 Å². The molecule has 2 N–H and O–H groups in total. The number of amides is 1. The van der Waals surface area contributed by atoms with E-state index in [1.807, 2.05) is 67.1 Å². The number of fused-ring (bicyclic) bond motifs is 1. The monoisotopic (exact) mass is 485 g/mol. The van der Waals surface area contributed by atoms with Gasteiger partial charge in [0, 0.05) is 5.69 Å². The Kier molecular flexibility index (Phi) is 6.46. The normalized spacial score (nSPS) is 16.8. The van der Waals surface area contributed by atoms with Crippen LogP contribution in [0.3, 0.4) is 0 Å². The SMILES string of the molecule is Cc1ccc([C@H]2Nn3c(COc4ccccc4)nnc3S[C@H]2C(=O)Nc2ccc(C)c(C)c2)cc1. The first-order valence-electron chi connectivity index (χ1n) is 11.5. The van der Waals surface area contributed by atoms with Crippen LogP contribution < -0.4 is 15.5 Å². The summed E-state index contributed by atoms with van der Waals surface area (Å²) in [4.78, 5) is 13.5. The molecule has 0 radical (unpaired) electrons. The van der Waals surface area contributed by atoms with Gasteiger partial charge in [-0.05, 0) is 61.7 Å². The lowest BCUT2D eigenvalue weighted by atomic mass is 10.0. The van der Waals surface area contributed by atoms with Crippen LogP contribution in [0.4, 0.5) is 5.69 Å². The number of carbonyl (C=O) groups excluding carboxylic acids is 1. The molecule has 0 aliphatic carbocycles. The third-order valence-corrected chi connectivity index (χ3v) is 7.30. The van der Waals surface area contributed by atoms with Crippen molar-refractivity contribution in [2.75, 3.05) is 10.7 Å². The van der Waals surface area contributed by atoms with Crippen LogP contribution in [0, 0.1) is 20.8 Å². The standard InChI is InChI=1S/C27H27N5O2S/c1-17-9-12-20(13-10-17)24-25(26(33)28-21-14-11-18(2)19(3)15-21)35-27-30-29-23(32(27)31-24)16-34-22-7-5-4-6-8-22/h4-15,24-25,31H,16H2,1-3H3,(H,28,33)/t24-,25-/m1/s1. The van der Waals surface area contributed by atoms with Gasteiger partial charge in [-0.3, -0.25) is 4.79 Å². The van der Waals surface area contributed by atoms with E-state index in [2.05, 4.69) is 52.1 Å². The molecule has 1 aliphatic heterocycles. The van der Waals surface area contributed by atoms with Gasteiger partial charge in [-0.15, -0.1) is 10.2 Å². The van der Waals surface area contributed by atoms with Gasteiger partial charge in [0.1, 0.15) is 17.6 Å². The zero-order chi connectivity index (χ0) is 24.4. The maximum Gasteiger partial charge on any atom is 0.240 e. The first-order valence-corrected chi connectivity index (χ1v) is 12.4. The van der Waals surface area contributed by atoms with Crippen LogP contribution >= 0.6 is 11.8 Å². The van der Waals surface area contributed by atoms with Gasteiger partial charge in [-0.2, -0.15) is 0 Å². The fraction of sp³-hybridized carbons (Fsp3) is 0.222. The van der Waals surface area contributed by atoms with Gasteiger partial charge in [0.15, 0.2) is 5.82 Å². The third-order valence-electron chi connectivity index (χ3n) is 6.08. The van der Waals surface area contributed by atoms with Crippen molar-refractivity contribution in [3.8, 4) is 5.75 Å². The first kappa shape index (κ1) is 23.0. The molecule has 3 aromatic carbocycles. The molecule has 1 aromatic heterocycles. The van der Waals surface area contributed by atoms with Crippen LogP contribution in [0.25, 0.3) is 0 Å². The van der Waals surface area contributed by atoms with Crippen LogP contribution in [0.1, 0.15) is 34.1 Å². The van der Waals surface area contributed by atoms with Crippen LogP contribution in [-0.4, -0.2) is 26.0 Å². The number of ether oxygens (including phenoxy) is 1. The van der Waals surface area contributed by atoms with Crippen molar-refractivity contribution < 1.29 is 9.53 Å². The van der Waals surface area contributed by atoms with E-state index in [0.29, 0.717) is 11.0 Å². The van der Waals surface area contributed by atoms with Crippen molar-refractivity contribution in [1.29, 1.82) is 0 Å². The summed E-state index contributed by atoms with van der Waals surface area (Å²) in [6.45, 7) is 6.40. The lowest BCUT2D eigenvalue weighted by Crippen LogP contribution is -2.41. The summed E-state index contributed by atoms with van der Waals surface area (Å²) in [5.74, 6) is 1.31. The van der Waals surface area contributed by atoms with E-state index < -0.39 is 5.25 Å². The first-order chi connectivity index (χ1) is 17.0. The van der Waals surface area contributed by atoms with Crippen molar-refractivity contribution in [1.82, 2.24) is 14.9 Å². The summed E-state index contributed by atoms with van der Waals surface area (Å²) in [6, 6.07) is 23.5. The average molecular weight is 486 g/mol. The number of anilines is 1. The van der Waals surface area contributed by atoms with Gasteiger partial charge in [0.05, 0.1) is 6.04 Å². The van der Waals surface area contributed by atoms with Crippen molar-refractivity contribution in [3.05, 3.63) is 101 Å². The predicted octanol–water partition coefficient (Wildman–Crippen LogP) is 5.18. The Balaban J connectivity index is 1.42. The predicted molar refractivity (Wildman–Crippen MR) is 138 cm³/mol. The van der Waals surface area contributed by atoms with E-state index in [1.54, 1.807) is 0 Å². The smallest absolute Gasteiger partial charge is 0.240 e. The molecule has 0 spiro atoms. The molecule has 0 saturated heterocycles. The highest BCUT2D eigenvalue weighted by Crippen LogP contribution is 2.38. The zero-order valence-electron chi connectivity index (χ0n) is 19.9. The molecule has 2 heterocycles. The molecule has 4 aromatic rings. The summed E-state index contributed by atoms with van der Waals surface area (Å²) in [5, 5.41) is 11.9. The lowest BCUT2D eigenvalue weighted by molar-refractivity contribution is -0.116. The van der Waals surface area contributed by atoms with Gasteiger partial charge in [0.25, 0.3) is 0 Å². The quantitative estimate of drug-likeness (QED) is 0.392. The average Bonchev–Trinajstić information content (AvgIpc) is 3.27. The molecule has 1 aliphatic rings. The summed E-state index contributed by atoms with van der Waals surface area (Å²) in [7, 11) is 0. The van der Waals surface area contributed by atoms with E-state index in [1.165, 1.54) is 17.3 Å². The molecule has 1 amide bonds. The van der Waals surface area contributed by atoms with E-state index in [9.17, 15) is 4.79 Å². The molecular weight excluding hydrogens is 458 g/mol. The highest BCUT2D eigenvalue weighted by molar-refractivity contribution is 8.00. The summed E-state index contributed by atoms with van der Waals surface area (Å²) >= 11 is 1.40. The molecule has 2 atom stereocenters. The number of aromatic nitrogens is 3. The van der Waals surface area contributed by atoms with E-state index >= 15 is 0 Å². The van der Waals surface area contributed by atoms with Crippen molar-refractivity contribution in [2.24, 2.45) is 0 Å². The van der Waals surface area contributed by atoms with Crippen molar-refractivity contribution in [2.45, 2.75) is 43.8 Å². The van der Waals surface area contributed by atoms with Gasteiger partial charge in [-0.1, -0.05) is 65.9 Å². The number of aryl methyl sites for hydroxylation is 3. The Hall–Kier alpha value is -3.78. The van der Waals surface area contributed by atoms with Gasteiger partial charge in [0.2, 0.25) is 11.1 Å². The largest absolute Gasteiger partial charge is 0.486 e. The van der Waals surface area contributed by atoms with Crippen LogP contribution in [-0.2, 0) is 11.4 Å². The second-order valence-corrected chi connectivity index (χ2v) is 9.79. The van der Waals surface area contributed by atoms with Gasteiger partial charge in [-0.25, -0.2) is 4.68 Å². The Morgan fingerprint density at radius 3 is 2.51 bits per heavy atom. The lowest BCUT2D eigenvalue weighted by Gasteiger charge is -2.33. The van der Waals surface area contributed by atoms with Crippen molar-refractivity contribution in [3.63, 3.8) is 0 Å². The molecule has 0 unspecified atom stereocenters. The second kappa shape index (κ2) is 9.84. The Labute approximate surface area is 208 Å². The highest BCUT2D eigenvalue weighted by atomic mass is 32.2. The molecule has 0 fully saturated rings. The number of thioether (sulfide) groups is 1. The maximum absolute atomic E-state index is 13.5. The topological polar surface area (TPSA) is 81.1 Å². The number of hydrogen-bond donors (Lipinski definition) is 2. The Morgan fingerprint density at radius 2 is 1.77 bits per heavy atom. The molecule has 0 bridgehead atoms. The molecule has 35 heavy (non-hydrogen) atoms. The number of nitrogens with one attached hydrogen (secondary N) is 2. The van der Waals surface area contributed by atoms with E-state index in [0.717, 1.165) is 28.1 Å². The minimum atomic E-state index is -0.445. The maximum atomic E-state index is 13.5. The number of hydrogen-bond acceptors (Lipinski definition) is 6. The van der Waals surface area contributed by atoms with Crippen LogP contribution in [0.15, 0.2) is 78.0 Å². The fourth-order valence-corrected chi connectivity index (χ4v) is 5.01. The second-order valence-electron chi connectivity index (χ2n) is 8.68. The molecule has 5 rings (SSSR count). The Morgan fingerprint density at radius 1 is 1.00 bits per heavy atom. The molecule has 7 nitrogen and oxygen atoms in total. The highest BCUT2D eigenvalue weighted by Gasteiger charge is 2.38. The minimum Gasteiger partial charge on any atom is -0.486 e. The number of carbonyl (C=O) groups is 1. The van der Waals surface area contributed by atoms with E-state index in [-0.39, 0.29) is 18.6 Å². The zero-order valence-corrected chi connectivity index (χ0v) is 20.7. The summed E-state index contributed by atoms with van der Waals surface area (Å²) in [6.07, 6.45) is 0. The fourth-order valence-electron chi connectivity index (χ4n) is 3.91. The van der Waals surface area contributed by atoms with Gasteiger partial charge >= 0.3 is 0 Å². The molecule has 0 saturated carbocycles. The third kappa shape index (κ3) is 5.02. The van der Waals surface area contributed by atoms with Crippen LogP contribution in [0.5, 0.6) is 5.75 Å². The summed E-state index contributed by atoms with van der Waals surface area (Å²) in [5.41, 5.74) is 8.76. The number of rotatable bonds is 6. The Bertz CT molecular complexity index is 1340. The number of nitrogens with zero attached hydrogens (tertiary/aromatic N) is 3. The number of para-hydroxylation sites is 1. The summed E-state index contributed by atoms with van der Waals surface area (Å²) < 4.78 is 7.73.